The Hall–Kier alpha value is -1.76. The van der Waals surface area contributed by atoms with Crippen molar-refractivity contribution in [1.29, 1.82) is 0 Å². The predicted molar refractivity (Wildman–Crippen MR) is 69.7 cm³/mol. The molecular formula is C13H16F2N2O3. The zero-order valence-electron chi connectivity index (χ0n) is 11.2. The van der Waals surface area contributed by atoms with E-state index in [1.165, 1.54) is 0 Å². The molecule has 7 heteroatoms. The topological polar surface area (TPSA) is 64.4 Å². The lowest BCUT2D eigenvalue weighted by Gasteiger charge is -2.33. The summed E-state index contributed by atoms with van der Waals surface area (Å²) in [6, 6.07) is 1.21. The van der Waals surface area contributed by atoms with Crippen LogP contribution in [-0.4, -0.2) is 23.2 Å². The van der Waals surface area contributed by atoms with Crippen molar-refractivity contribution in [2.24, 2.45) is 0 Å². The molecular weight excluding hydrogens is 270 g/mol. The highest BCUT2D eigenvalue weighted by Crippen LogP contribution is 2.31. The molecule has 1 fully saturated rings. The van der Waals surface area contributed by atoms with E-state index in [2.05, 4.69) is 5.32 Å². The molecule has 0 aliphatic carbocycles. The third-order valence-electron chi connectivity index (χ3n) is 3.28. The van der Waals surface area contributed by atoms with Gasteiger partial charge in [0.15, 0.2) is 5.82 Å². The molecule has 2 unspecified atom stereocenters. The summed E-state index contributed by atoms with van der Waals surface area (Å²) in [6.45, 7) is 3.78. The first-order valence-electron chi connectivity index (χ1n) is 6.42. The van der Waals surface area contributed by atoms with Gasteiger partial charge in [-0.15, -0.1) is 0 Å². The van der Waals surface area contributed by atoms with Crippen LogP contribution >= 0.6 is 0 Å². The van der Waals surface area contributed by atoms with E-state index in [9.17, 15) is 18.9 Å². The second-order valence-corrected chi connectivity index (χ2v) is 5.11. The number of nitrogens with zero attached hydrogens (tertiary/aromatic N) is 1. The molecule has 0 saturated carbocycles. The third kappa shape index (κ3) is 3.22. The zero-order valence-corrected chi connectivity index (χ0v) is 11.2. The number of benzene rings is 1. The normalized spacial score (nSPS) is 26.3. The van der Waals surface area contributed by atoms with Crippen molar-refractivity contribution >= 4 is 11.4 Å². The van der Waals surface area contributed by atoms with Gasteiger partial charge in [0.25, 0.3) is 5.69 Å². The van der Waals surface area contributed by atoms with Crippen LogP contribution in [-0.2, 0) is 4.74 Å². The quantitative estimate of drug-likeness (QED) is 0.684. The predicted octanol–water partition coefficient (Wildman–Crippen LogP) is 3.24. The summed E-state index contributed by atoms with van der Waals surface area (Å²) in [6.07, 6.45) is 1.19. The number of hydrogen-bond donors (Lipinski definition) is 1. The van der Waals surface area contributed by atoms with Crippen LogP contribution in [0, 0.1) is 21.7 Å². The van der Waals surface area contributed by atoms with Crippen molar-refractivity contribution in [3.8, 4) is 0 Å². The summed E-state index contributed by atoms with van der Waals surface area (Å²) in [7, 11) is 0. The van der Waals surface area contributed by atoms with E-state index >= 15 is 0 Å². The number of hydrogen-bond acceptors (Lipinski definition) is 4. The molecule has 0 spiro atoms. The Balaban J connectivity index is 2.26. The van der Waals surface area contributed by atoms with Gasteiger partial charge in [-0.3, -0.25) is 10.1 Å². The highest BCUT2D eigenvalue weighted by atomic mass is 19.1. The summed E-state index contributed by atoms with van der Waals surface area (Å²) < 4.78 is 32.4. The Morgan fingerprint density at radius 1 is 1.30 bits per heavy atom. The van der Waals surface area contributed by atoms with Gasteiger partial charge in [-0.2, -0.15) is 0 Å². The van der Waals surface area contributed by atoms with E-state index in [4.69, 9.17) is 4.74 Å². The van der Waals surface area contributed by atoms with Crippen molar-refractivity contribution in [2.45, 2.75) is 44.9 Å². The number of rotatable bonds is 3. The maximum absolute atomic E-state index is 13.8. The highest BCUT2D eigenvalue weighted by Gasteiger charge is 2.28. The molecule has 110 valence electrons. The lowest BCUT2D eigenvalue weighted by molar-refractivity contribution is -0.384. The Labute approximate surface area is 115 Å². The van der Waals surface area contributed by atoms with Crippen molar-refractivity contribution in [1.82, 2.24) is 0 Å². The molecule has 0 aromatic heterocycles. The molecule has 1 saturated heterocycles. The zero-order chi connectivity index (χ0) is 14.9. The largest absolute Gasteiger partial charge is 0.375 e. The van der Waals surface area contributed by atoms with E-state index in [1.54, 1.807) is 0 Å². The Morgan fingerprint density at radius 2 is 1.90 bits per heavy atom. The standard InChI is InChI=1S/C13H16F2N2O3/c1-7-3-10(4-8(2)20-7)16-13-11(15)5-9(14)6-12(13)17(18)19/h5-8,10,16H,3-4H2,1-2H3. The molecule has 1 heterocycles. The van der Waals surface area contributed by atoms with Crippen LogP contribution in [0.1, 0.15) is 26.7 Å². The maximum atomic E-state index is 13.8. The van der Waals surface area contributed by atoms with Gasteiger partial charge in [-0.25, -0.2) is 8.78 Å². The van der Waals surface area contributed by atoms with Gasteiger partial charge >= 0.3 is 0 Å². The van der Waals surface area contributed by atoms with Crippen LogP contribution in [0.15, 0.2) is 12.1 Å². The minimum absolute atomic E-state index is 0.0150. The number of anilines is 1. The van der Waals surface area contributed by atoms with Gasteiger partial charge in [-0.1, -0.05) is 0 Å². The van der Waals surface area contributed by atoms with Gasteiger partial charge in [0.1, 0.15) is 11.5 Å². The smallest absolute Gasteiger partial charge is 0.298 e. The Bertz CT molecular complexity index is 515. The molecule has 2 atom stereocenters. The van der Waals surface area contributed by atoms with E-state index in [1.807, 2.05) is 13.8 Å². The van der Waals surface area contributed by atoms with Gasteiger partial charge in [-0.05, 0) is 26.7 Å². The van der Waals surface area contributed by atoms with E-state index in [0.717, 1.165) is 6.07 Å². The highest BCUT2D eigenvalue weighted by molar-refractivity contribution is 5.63. The average molecular weight is 286 g/mol. The van der Waals surface area contributed by atoms with Gasteiger partial charge in [0.2, 0.25) is 0 Å². The summed E-state index contributed by atoms with van der Waals surface area (Å²) >= 11 is 0. The summed E-state index contributed by atoms with van der Waals surface area (Å²) in [5.74, 6) is -1.92. The number of halogens is 2. The van der Waals surface area contributed by atoms with Gasteiger partial charge in [0.05, 0.1) is 23.2 Å². The monoisotopic (exact) mass is 286 g/mol. The maximum Gasteiger partial charge on any atom is 0.298 e. The van der Waals surface area contributed by atoms with Crippen molar-refractivity contribution in [2.75, 3.05) is 5.32 Å². The van der Waals surface area contributed by atoms with Crippen molar-refractivity contribution in [3.63, 3.8) is 0 Å². The fourth-order valence-electron chi connectivity index (χ4n) is 2.57. The molecule has 2 rings (SSSR count). The van der Waals surface area contributed by atoms with Crippen LogP contribution in [0.3, 0.4) is 0 Å². The first-order valence-corrected chi connectivity index (χ1v) is 6.42. The number of nitro groups is 1. The molecule has 1 N–H and O–H groups in total. The second kappa shape index (κ2) is 5.70. The number of nitrogens with one attached hydrogen (secondary N) is 1. The van der Waals surface area contributed by atoms with Crippen LogP contribution in [0.2, 0.25) is 0 Å². The molecule has 0 amide bonds. The molecule has 20 heavy (non-hydrogen) atoms. The lowest BCUT2D eigenvalue weighted by atomic mass is 9.99. The minimum Gasteiger partial charge on any atom is -0.375 e. The molecule has 0 bridgehead atoms. The van der Waals surface area contributed by atoms with Crippen LogP contribution in [0.25, 0.3) is 0 Å². The summed E-state index contributed by atoms with van der Waals surface area (Å²) in [5.41, 5.74) is -0.850. The first kappa shape index (κ1) is 14.6. The molecule has 1 aliphatic heterocycles. The van der Waals surface area contributed by atoms with Gasteiger partial charge in [0, 0.05) is 12.1 Å². The second-order valence-electron chi connectivity index (χ2n) is 5.11. The Kier molecular flexibility index (Phi) is 4.17. The molecule has 1 aliphatic rings. The van der Waals surface area contributed by atoms with Gasteiger partial charge < -0.3 is 10.1 Å². The Morgan fingerprint density at radius 3 is 2.45 bits per heavy atom. The van der Waals surface area contributed by atoms with Crippen LogP contribution < -0.4 is 5.32 Å². The van der Waals surface area contributed by atoms with E-state index in [0.29, 0.717) is 18.9 Å². The van der Waals surface area contributed by atoms with E-state index < -0.39 is 22.2 Å². The lowest BCUT2D eigenvalue weighted by Crippen LogP contribution is -2.37. The summed E-state index contributed by atoms with van der Waals surface area (Å²) in [5, 5.41) is 13.7. The fraction of sp³-hybridized carbons (Fsp3) is 0.538. The first-order chi connectivity index (χ1) is 9.36. The van der Waals surface area contributed by atoms with Crippen molar-refractivity contribution < 1.29 is 18.4 Å². The molecule has 5 nitrogen and oxygen atoms in total. The minimum atomic E-state index is -0.964. The fourth-order valence-corrected chi connectivity index (χ4v) is 2.57. The average Bonchev–Trinajstić information content (AvgIpc) is 2.30. The number of ether oxygens (including phenoxy) is 1. The molecule has 1 aromatic carbocycles. The third-order valence-corrected chi connectivity index (χ3v) is 3.28. The van der Waals surface area contributed by atoms with Crippen LogP contribution in [0.5, 0.6) is 0 Å². The van der Waals surface area contributed by atoms with Crippen molar-refractivity contribution in [3.05, 3.63) is 33.9 Å². The van der Waals surface area contributed by atoms with Crippen LogP contribution in [0.4, 0.5) is 20.2 Å². The van der Waals surface area contributed by atoms with E-state index in [-0.39, 0.29) is 23.9 Å². The molecule has 0 radical (unpaired) electrons. The SMILES string of the molecule is CC1CC(Nc2c(F)cc(F)cc2[N+](=O)[O-])CC(C)O1. The number of nitro benzene ring substituents is 1. The summed E-state index contributed by atoms with van der Waals surface area (Å²) in [4.78, 5) is 10.1. The molecule has 1 aromatic rings.